The molecule has 0 spiro atoms. The number of hydrogen-bond acceptors (Lipinski definition) is 5. The smallest absolute Gasteiger partial charge is 0.105 e. The van der Waals surface area contributed by atoms with Crippen molar-refractivity contribution in [3.05, 3.63) is 40.3 Å². The second-order valence-electron chi connectivity index (χ2n) is 3.55. The largest absolute Gasteiger partial charge is 0.390 e. The average molecular weight is 264 g/mol. The van der Waals surface area contributed by atoms with Gasteiger partial charge in [-0.05, 0) is 41.9 Å². The number of aliphatic imine (C=N–C) groups is 1. The Bertz CT molecular complexity index is 478. The zero-order valence-electron chi connectivity index (χ0n) is 9.47. The Balaban J connectivity index is 2.67. The highest BCUT2D eigenvalue weighted by Gasteiger charge is 2.17. The quantitative estimate of drug-likeness (QED) is 0.271. The van der Waals surface area contributed by atoms with Gasteiger partial charge in [0.05, 0.1) is 17.0 Å². The summed E-state index contributed by atoms with van der Waals surface area (Å²) in [5.41, 5.74) is 9.30. The zero-order valence-corrected chi connectivity index (χ0v) is 10.3. The molecule has 2 atom stereocenters. The van der Waals surface area contributed by atoms with Crippen molar-refractivity contribution >= 4 is 23.1 Å². The first kappa shape index (κ1) is 14.3. The molecule has 7 heteroatoms. The fourth-order valence-corrected chi connectivity index (χ4v) is 1.52. The molecule has 2 unspecified atom stereocenters. The van der Waals surface area contributed by atoms with Crippen molar-refractivity contribution in [2.45, 2.75) is 18.6 Å². The van der Waals surface area contributed by atoms with Crippen molar-refractivity contribution in [3.63, 3.8) is 0 Å². The van der Waals surface area contributed by atoms with Crippen molar-refractivity contribution in [1.29, 1.82) is 0 Å². The second-order valence-corrected chi connectivity index (χ2v) is 3.73. The fraction of sp³-hybridized carbons (Fsp3) is 0.364. The molecule has 0 heterocycles. The van der Waals surface area contributed by atoms with Crippen LogP contribution in [0, 0.1) is 0 Å². The van der Waals surface area contributed by atoms with E-state index in [2.05, 4.69) is 32.4 Å². The third kappa shape index (κ3) is 4.25. The number of nitrogens with zero attached hydrogens (tertiary/aromatic N) is 4. The summed E-state index contributed by atoms with van der Waals surface area (Å²) in [6.07, 6.45) is -1.80. The molecular formula is C11H12N4O2S. The van der Waals surface area contributed by atoms with Gasteiger partial charge in [-0.15, -0.1) is 0 Å². The Hall–Kier alpha value is -1.75. The van der Waals surface area contributed by atoms with Crippen LogP contribution >= 0.6 is 12.2 Å². The summed E-state index contributed by atoms with van der Waals surface area (Å²) in [6.45, 7) is 0.141. The summed E-state index contributed by atoms with van der Waals surface area (Å²) in [6, 6.07) is 6.62. The summed E-state index contributed by atoms with van der Waals surface area (Å²) >= 11 is 4.47. The van der Waals surface area contributed by atoms with Gasteiger partial charge in [0, 0.05) is 11.5 Å². The lowest BCUT2D eigenvalue weighted by atomic mass is 10.0. The molecule has 1 aromatic rings. The summed E-state index contributed by atoms with van der Waals surface area (Å²) in [5.74, 6) is 0. The molecule has 94 valence electrons. The predicted molar refractivity (Wildman–Crippen MR) is 70.7 cm³/mol. The van der Waals surface area contributed by atoms with Crippen LogP contribution in [0.25, 0.3) is 10.4 Å². The molecule has 6 nitrogen and oxygen atoms in total. The molecule has 0 fully saturated rings. The number of azide groups is 1. The highest BCUT2D eigenvalue weighted by atomic mass is 32.1. The van der Waals surface area contributed by atoms with E-state index in [9.17, 15) is 10.2 Å². The molecule has 0 saturated carbocycles. The van der Waals surface area contributed by atoms with Crippen LogP contribution in [-0.4, -0.2) is 28.0 Å². The standard InChI is InChI=1S/C11H12N4O2S/c12-15-14-6-5-10(16)11(17)8-1-3-9(4-2-8)13-7-18/h1-4,10-11,16-17H,5-6H2. The maximum Gasteiger partial charge on any atom is 0.105 e. The summed E-state index contributed by atoms with van der Waals surface area (Å²) in [5, 5.41) is 25.1. The van der Waals surface area contributed by atoms with Crippen molar-refractivity contribution in [3.8, 4) is 0 Å². The van der Waals surface area contributed by atoms with Crippen LogP contribution in [0.2, 0.25) is 0 Å². The molecule has 1 rings (SSSR count). The van der Waals surface area contributed by atoms with E-state index >= 15 is 0 Å². The number of benzene rings is 1. The van der Waals surface area contributed by atoms with Crippen LogP contribution in [0.3, 0.4) is 0 Å². The molecule has 0 radical (unpaired) electrons. The minimum atomic E-state index is -1.02. The Kier molecular flexibility index (Phi) is 6.00. The van der Waals surface area contributed by atoms with Gasteiger partial charge in [0.25, 0.3) is 0 Å². The average Bonchev–Trinajstić information content (AvgIpc) is 2.39. The SMILES string of the molecule is [N-]=[N+]=NCCC(O)C(O)c1ccc(N=C=S)cc1. The normalized spacial score (nSPS) is 13.0. The first-order valence-corrected chi connectivity index (χ1v) is 5.64. The van der Waals surface area contributed by atoms with Gasteiger partial charge in [-0.3, -0.25) is 0 Å². The van der Waals surface area contributed by atoms with E-state index in [4.69, 9.17) is 5.53 Å². The van der Waals surface area contributed by atoms with Crippen LogP contribution in [0.4, 0.5) is 5.69 Å². The Morgan fingerprint density at radius 3 is 2.56 bits per heavy atom. The van der Waals surface area contributed by atoms with E-state index in [1.165, 1.54) is 0 Å². The van der Waals surface area contributed by atoms with Crippen molar-refractivity contribution in [1.82, 2.24) is 0 Å². The molecule has 0 bridgehead atoms. The van der Waals surface area contributed by atoms with Gasteiger partial charge in [0.15, 0.2) is 0 Å². The van der Waals surface area contributed by atoms with Crippen LogP contribution < -0.4 is 0 Å². The molecule has 0 amide bonds. The monoisotopic (exact) mass is 264 g/mol. The van der Waals surface area contributed by atoms with E-state index in [0.717, 1.165) is 0 Å². The molecule has 0 saturated heterocycles. The molecule has 18 heavy (non-hydrogen) atoms. The van der Waals surface area contributed by atoms with E-state index in [1.54, 1.807) is 24.3 Å². The maximum atomic E-state index is 9.86. The van der Waals surface area contributed by atoms with Crippen LogP contribution in [-0.2, 0) is 0 Å². The Morgan fingerprint density at radius 2 is 2.00 bits per heavy atom. The van der Waals surface area contributed by atoms with Crippen molar-refractivity contribution in [2.24, 2.45) is 10.1 Å². The van der Waals surface area contributed by atoms with E-state index in [0.29, 0.717) is 11.3 Å². The summed E-state index contributed by atoms with van der Waals surface area (Å²) in [4.78, 5) is 6.35. The fourth-order valence-electron chi connectivity index (χ4n) is 1.41. The van der Waals surface area contributed by atoms with Gasteiger partial charge < -0.3 is 10.2 Å². The molecule has 2 N–H and O–H groups in total. The number of isothiocyanates is 1. The maximum absolute atomic E-state index is 9.86. The van der Waals surface area contributed by atoms with Gasteiger partial charge >= 0.3 is 0 Å². The highest BCUT2D eigenvalue weighted by molar-refractivity contribution is 7.78. The van der Waals surface area contributed by atoms with E-state index in [1.807, 2.05) is 0 Å². The topological polar surface area (TPSA) is 102 Å². The Labute approximate surface area is 109 Å². The lowest BCUT2D eigenvalue weighted by molar-refractivity contribution is 0.0150. The molecule has 0 aromatic heterocycles. The number of thiocarbonyl (C=S) groups is 1. The molecule has 0 aliphatic rings. The second kappa shape index (κ2) is 7.55. The first-order valence-electron chi connectivity index (χ1n) is 5.24. The van der Waals surface area contributed by atoms with Gasteiger partial charge in [-0.2, -0.15) is 4.99 Å². The third-order valence-electron chi connectivity index (χ3n) is 2.36. The minimum Gasteiger partial charge on any atom is -0.390 e. The number of rotatable bonds is 6. The summed E-state index contributed by atoms with van der Waals surface area (Å²) < 4.78 is 0. The number of hydrogen-bond donors (Lipinski definition) is 2. The zero-order chi connectivity index (χ0) is 13.4. The van der Waals surface area contributed by atoms with Gasteiger partial charge in [-0.25, -0.2) is 0 Å². The molecule has 0 aliphatic carbocycles. The van der Waals surface area contributed by atoms with Crippen LogP contribution in [0.5, 0.6) is 0 Å². The lowest BCUT2D eigenvalue weighted by Gasteiger charge is -2.17. The molecule has 1 aromatic carbocycles. The van der Waals surface area contributed by atoms with Gasteiger partial charge in [0.2, 0.25) is 0 Å². The van der Waals surface area contributed by atoms with Crippen LogP contribution in [0.1, 0.15) is 18.1 Å². The van der Waals surface area contributed by atoms with E-state index < -0.39 is 12.2 Å². The molecule has 0 aliphatic heterocycles. The number of aliphatic hydroxyl groups excluding tert-OH is 2. The third-order valence-corrected chi connectivity index (χ3v) is 2.45. The minimum absolute atomic E-state index is 0.141. The first-order chi connectivity index (χ1) is 8.69. The van der Waals surface area contributed by atoms with Gasteiger partial charge in [0.1, 0.15) is 6.10 Å². The van der Waals surface area contributed by atoms with Crippen molar-refractivity contribution in [2.75, 3.05) is 6.54 Å². The predicted octanol–water partition coefficient (Wildman–Crippen LogP) is 2.52. The van der Waals surface area contributed by atoms with Gasteiger partial charge in [-0.1, -0.05) is 17.2 Å². The highest BCUT2D eigenvalue weighted by Crippen LogP contribution is 2.21. The lowest BCUT2D eigenvalue weighted by Crippen LogP contribution is -2.18. The van der Waals surface area contributed by atoms with E-state index in [-0.39, 0.29) is 13.0 Å². The Morgan fingerprint density at radius 1 is 1.33 bits per heavy atom. The number of aliphatic hydroxyl groups is 2. The summed E-state index contributed by atoms with van der Waals surface area (Å²) in [7, 11) is 0. The van der Waals surface area contributed by atoms with Crippen molar-refractivity contribution < 1.29 is 10.2 Å². The van der Waals surface area contributed by atoms with Crippen LogP contribution in [0.15, 0.2) is 34.4 Å². The molecular weight excluding hydrogens is 252 g/mol.